The van der Waals surface area contributed by atoms with Gasteiger partial charge >= 0.3 is 6.03 Å². The van der Waals surface area contributed by atoms with Crippen LogP contribution in [0.25, 0.3) is 0 Å². The minimum Gasteiger partial charge on any atom is -0.335 e. The molecule has 0 radical (unpaired) electrons. The van der Waals surface area contributed by atoms with Gasteiger partial charge in [0.1, 0.15) is 0 Å². The fourth-order valence-corrected chi connectivity index (χ4v) is 1.16. The highest BCUT2D eigenvalue weighted by atomic mass is 16.2. The number of hydrogen-bond acceptors (Lipinski definition) is 1. The van der Waals surface area contributed by atoms with Gasteiger partial charge < -0.3 is 10.2 Å². The molecule has 2 amide bonds. The smallest absolute Gasteiger partial charge is 0.317 e. The maximum Gasteiger partial charge on any atom is 0.317 e. The fourth-order valence-electron chi connectivity index (χ4n) is 1.16. The third kappa shape index (κ3) is 4.76. The molecule has 0 aromatic heterocycles. The standard InChI is InChI=1S/C10H22N2O/c1-5-8-9(6-2)11-10(13)12(4)7-3/h9H,5-8H2,1-4H3,(H,11,13). The van der Waals surface area contributed by atoms with E-state index >= 15 is 0 Å². The van der Waals surface area contributed by atoms with Crippen molar-refractivity contribution in [1.82, 2.24) is 10.2 Å². The van der Waals surface area contributed by atoms with E-state index in [2.05, 4.69) is 19.2 Å². The largest absolute Gasteiger partial charge is 0.335 e. The van der Waals surface area contributed by atoms with E-state index in [0.717, 1.165) is 25.8 Å². The fraction of sp³-hybridized carbons (Fsp3) is 0.900. The van der Waals surface area contributed by atoms with Crippen molar-refractivity contribution in [3.05, 3.63) is 0 Å². The van der Waals surface area contributed by atoms with Gasteiger partial charge in [0.05, 0.1) is 0 Å². The van der Waals surface area contributed by atoms with Gasteiger partial charge in [0.25, 0.3) is 0 Å². The van der Waals surface area contributed by atoms with Gasteiger partial charge in [-0.05, 0) is 19.8 Å². The van der Waals surface area contributed by atoms with Crippen molar-refractivity contribution in [2.45, 2.75) is 46.1 Å². The Hall–Kier alpha value is -0.730. The first-order valence-corrected chi connectivity index (χ1v) is 5.17. The summed E-state index contributed by atoms with van der Waals surface area (Å²) in [6.07, 6.45) is 3.20. The minimum atomic E-state index is 0.0443. The highest BCUT2D eigenvalue weighted by Crippen LogP contribution is 2.01. The van der Waals surface area contributed by atoms with Crippen LogP contribution >= 0.6 is 0 Å². The lowest BCUT2D eigenvalue weighted by molar-refractivity contribution is 0.205. The number of nitrogens with zero attached hydrogens (tertiary/aromatic N) is 1. The van der Waals surface area contributed by atoms with E-state index < -0.39 is 0 Å². The van der Waals surface area contributed by atoms with Crippen molar-refractivity contribution >= 4 is 6.03 Å². The van der Waals surface area contributed by atoms with E-state index in [9.17, 15) is 4.79 Å². The molecule has 0 saturated carbocycles. The average molecular weight is 186 g/mol. The van der Waals surface area contributed by atoms with Gasteiger partial charge in [-0.15, -0.1) is 0 Å². The van der Waals surface area contributed by atoms with E-state index in [1.807, 2.05) is 14.0 Å². The normalized spacial score (nSPS) is 12.3. The van der Waals surface area contributed by atoms with Crippen LogP contribution in [0.2, 0.25) is 0 Å². The zero-order chi connectivity index (χ0) is 10.3. The number of amides is 2. The molecule has 3 nitrogen and oxygen atoms in total. The summed E-state index contributed by atoms with van der Waals surface area (Å²) in [5.74, 6) is 0. The topological polar surface area (TPSA) is 32.3 Å². The second-order valence-corrected chi connectivity index (χ2v) is 3.36. The van der Waals surface area contributed by atoms with Crippen LogP contribution < -0.4 is 5.32 Å². The molecule has 0 aliphatic rings. The third-order valence-electron chi connectivity index (χ3n) is 2.28. The van der Waals surface area contributed by atoms with E-state index in [-0.39, 0.29) is 6.03 Å². The molecule has 13 heavy (non-hydrogen) atoms. The van der Waals surface area contributed by atoms with E-state index in [1.54, 1.807) is 4.90 Å². The van der Waals surface area contributed by atoms with Crippen molar-refractivity contribution in [2.24, 2.45) is 0 Å². The molecule has 0 aliphatic carbocycles. The zero-order valence-corrected chi connectivity index (χ0v) is 9.26. The molecule has 78 valence electrons. The van der Waals surface area contributed by atoms with Crippen molar-refractivity contribution in [3.63, 3.8) is 0 Å². The molecule has 0 saturated heterocycles. The third-order valence-corrected chi connectivity index (χ3v) is 2.28. The number of nitrogens with one attached hydrogen (secondary N) is 1. The molecule has 0 heterocycles. The lowest BCUT2D eigenvalue weighted by Gasteiger charge is -2.21. The van der Waals surface area contributed by atoms with Gasteiger partial charge in [0, 0.05) is 19.6 Å². The zero-order valence-electron chi connectivity index (χ0n) is 9.26. The Morgan fingerprint density at radius 2 is 2.00 bits per heavy atom. The average Bonchev–Trinajstić information content (AvgIpc) is 2.15. The summed E-state index contributed by atoms with van der Waals surface area (Å²) in [6.45, 7) is 6.97. The number of rotatable bonds is 5. The molecule has 0 spiro atoms. The van der Waals surface area contributed by atoms with Crippen LogP contribution in [0.4, 0.5) is 4.79 Å². The molecular weight excluding hydrogens is 164 g/mol. The van der Waals surface area contributed by atoms with Gasteiger partial charge in [0.15, 0.2) is 0 Å². The van der Waals surface area contributed by atoms with Gasteiger partial charge in [-0.25, -0.2) is 4.79 Å². The van der Waals surface area contributed by atoms with E-state index in [0.29, 0.717) is 6.04 Å². The van der Waals surface area contributed by atoms with Gasteiger partial charge in [-0.2, -0.15) is 0 Å². The maximum absolute atomic E-state index is 11.4. The summed E-state index contributed by atoms with van der Waals surface area (Å²) in [4.78, 5) is 13.1. The molecule has 0 bridgehead atoms. The first kappa shape index (κ1) is 12.3. The summed E-state index contributed by atoms with van der Waals surface area (Å²) >= 11 is 0. The SMILES string of the molecule is CCCC(CC)NC(=O)N(C)CC. The van der Waals surface area contributed by atoms with Crippen LogP contribution in [-0.4, -0.2) is 30.6 Å². The second kappa shape index (κ2) is 6.75. The van der Waals surface area contributed by atoms with Gasteiger partial charge in [0.2, 0.25) is 0 Å². The minimum absolute atomic E-state index is 0.0443. The molecule has 0 aromatic carbocycles. The maximum atomic E-state index is 11.4. The quantitative estimate of drug-likeness (QED) is 0.701. The Morgan fingerprint density at radius 1 is 1.38 bits per heavy atom. The van der Waals surface area contributed by atoms with Crippen LogP contribution in [0.5, 0.6) is 0 Å². The molecule has 3 heteroatoms. The highest BCUT2D eigenvalue weighted by molar-refractivity contribution is 5.74. The Labute approximate surface area is 81.5 Å². The summed E-state index contributed by atoms with van der Waals surface area (Å²) in [5, 5.41) is 3.01. The number of carbonyl (C=O) groups is 1. The van der Waals surface area contributed by atoms with E-state index in [1.165, 1.54) is 0 Å². The highest BCUT2D eigenvalue weighted by Gasteiger charge is 2.11. The molecule has 0 aliphatic heterocycles. The van der Waals surface area contributed by atoms with Crippen LogP contribution in [-0.2, 0) is 0 Å². The number of urea groups is 1. The molecular formula is C10H22N2O. The predicted molar refractivity (Wildman–Crippen MR) is 55.8 cm³/mol. The lowest BCUT2D eigenvalue weighted by atomic mass is 10.1. The second-order valence-electron chi connectivity index (χ2n) is 3.36. The summed E-state index contributed by atoms with van der Waals surface area (Å²) in [7, 11) is 1.81. The summed E-state index contributed by atoms with van der Waals surface area (Å²) in [5.41, 5.74) is 0. The van der Waals surface area contributed by atoms with Crippen LogP contribution in [0, 0.1) is 0 Å². The number of carbonyl (C=O) groups excluding carboxylic acids is 1. The molecule has 0 aromatic rings. The van der Waals surface area contributed by atoms with Crippen molar-refractivity contribution in [2.75, 3.05) is 13.6 Å². The van der Waals surface area contributed by atoms with Crippen LogP contribution in [0.15, 0.2) is 0 Å². The molecule has 0 fully saturated rings. The van der Waals surface area contributed by atoms with Crippen molar-refractivity contribution in [3.8, 4) is 0 Å². The summed E-state index contributed by atoms with van der Waals surface area (Å²) < 4.78 is 0. The first-order chi connectivity index (χ1) is 6.15. The monoisotopic (exact) mass is 186 g/mol. The van der Waals surface area contributed by atoms with Crippen molar-refractivity contribution < 1.29 is 4.79 Å². The Morgan fingerprint density at radius 3 is 2.38 bits per heavy atom. The summed E-state index contributed by atoms with van der Waals surface area (Å²) in [6, 6.07) is 0.384. The van der Waals surface area contributed by atoms with Crippen LogP contribution in [0.1, 0.15) is 40.0 Å². The Balaban J connectivity index is 3.85. The predicted octanol–water partition coefficient (Wildman–Crippen LogP) is 2.23. The molecule has 1 atom stereocenters. The van der Waals surface area contributed by atoms with Crippen molar-refractivity contribution in [1.29, 1.82) is 0 Å². The Kier molecular flexibility index (Phi) is 6.37. The van der Waals surface area contributed by atoms with Gasteiger partial charge in [-0.3, -0.25) is 0 Å². The van der Waals surface area contributed by atoms with E-state index in [4.69, 9.17) is 0 Å². The Bertz CT molecular complexity index is 148. The molecule has 1 N–H and O–H groups in total. The number of hydrogen-bond donors (Lipinski definition) is 1. The molecule has 1 unspecified atom stereocenters. The lowest BCUT2D eigenvalue weighted by Crippen LogP contribution is -2.42. The van der Waals surface area contributed by atoms with Crippen LogP contribution in [0.3, 0.4) is 0 Å². The molecule has 0 rings (SSSR count). The first-order valence-electron chi connectivity index (χ1n) is 5.17. The van der Waals surface area contributed by atoms with Gasteiger partial charge in [-0.1, -0.05) is 20.3 Å².